The van der Waals surface area contributed by atoms with Crippen LogP contribution in [-0.2, 0) is 10.0 Å². The van der Waals surface area contributed by atoms with Crippen molar-refractivity contribution in [2.75, 3.05) is 7.11 Å². The average molecular weight is 386 g/mol. The molecular weight excluding hydrogens is 358 g/mol. The van der Waals surface area contributed by atoms with Gasteiger partial charge in [-0.1, -0.05) is 50.1 Å². The number of methoxy groups -OCH3 is 1. The lowest BCUT2D eigenvalue weighted by Crippen LogP contribution is -2.48. The zero-order valence-corrected chi connectivity index (χ0v) is 16.5. The molecule has 4 nitrogen and oxygen atoms in total. The fraction of sp³-hybridized carbons (Fsp3) is 0.684. The zero-order chi connectivity index (χ0) is 17.9. The monoisotopic (exact) mass is 385 g/mol. The summed E-state index contributed by atoms with van der Waals surface area (Å²) in [4.78, 5) is 0.207. The predicted molar refractivity (Wildman–Crippen MR) is 101 cm³/mol. The Labute approximate surface area is 156 Å². The van der Waals surface area contributed by atoms with Crippen LogP contribution in [-0.4, -0.2) is 31.9 Å². The molecule has 2 aliphatic rings. The average Bonchev–Trinajstić information content (AvgIpc) is 2.63. The van der Waals surface area contributed by atoms with Crippen LogP contribution in [0.5, 0.6) is 5.75 Å². The molecule has 0 bridgehead atoms. The maximum absolute atomic E-state index is 13.7. The van der Waals surface area contributed by atoms with Crippen molar-refractivity contribution >= 4 is 21.6 Å². The van der Waals surface area contributed by atoms with E-state index in [1.165, 1.54) is 26.0 Å². The SMILES string of the molecule is COc1ccc(Cl)cc1S(=O)(=O)N(C1CCCCC1)C1CCCCC1. The molecule has 0 N–H and O–H groups in total. The Balaban J connectivity index is 2.02. The molecular formula is C19H28ClNO3S. The van der Waals surface area contributed by atoms with Gasteiger partial charge in [-0.2, -0.15) is 4.31 Å². The molecule has 2 aliphatic carbocycles. The first kappa shape index (κ1) is 19.0. The number of halogens is 1. The van der Waals surface area contributed by atoms with Crippen LogP contribution in [0.1, 0.15) is 64.2 Å². The Morgan fingerprint density at radius 1 is 0.960 bits per heavy atom. The Morgan fingerprint density at radius 3 is 1.96 bits per heavy atom. The normalized spacial score (nSPS) is 20.8. The van der Waals surface area contributed by atoms with Crippen LogP contribution in [0.15, 0.2) is 23.1 Å². The van der Waals surface area contributed by atoms with Gasteiger partial charge in [0.05, 0.1) is 7.11 Å². The first-order chi connectivity index (χ1) is 12.0. The Hall–Kier alpha value is -0.780. The predicted octanol–water partition coefficient (Wildman–Crippen LogP) is 5.00. The second-order valence-corrected chi connectivity index (χ2v) is 9.46. The van der Waals surface area contributed by atoms with Gasteiger partial charge in [0.1, 0.15) is 10.6 Å². The molecule has 1 aromatic rings. The third kappa shape index (κ3) is 4.15. The summed E-state index contributed by atoms with van der Waals surface area (Å²) in [7, 11) is -2.13. The van der Waals surface area contributed by atoms with E-state index in [4.69, 9.17) is 16.3 Å². The van der Waals surface area contributed by atoms with Crippen LogP contribution in [0.4, 0.5) is 0 Å². The van der Waals surface area contributed by atoms with Crippen molar-refractivity contribution in [3.63, 3.8) is 0 Å². The second kappa shape index (κ2) is 8.28. The molecule has 0 aromatic heterocycles. The number of rotatable bonds is 5. The zero-order valence-electron chi connectivity index (χ0n) is 14.9. The van der Waals surface area contributed by atoms with Gasteiger partial charge in [-0.15, -0.1) is 0 Å². The summed E-state index contributed by atoms with van der Waals surface area (Å²) in [5.74, 6) is 0.376. The molecule has 6 heteroatoms. The van der Waals surface area contributed by atoms with Gasteiger partial charge in [0, 0.05) is 17.1 Å². The van der Waals surface area contributed by atoms with Gasteiger partial charge < -0.3 is 4.74 Å². The van der Waals surface area contributed by atoms with E-state index < -0.39 is 10.0 Å². The molecule has 25 heavy (non-hydrogen) atoms. The van der Waals surface area contributed by atoms with Crippen LogP contribution < -0.4 is 4.74 Å². The third-order valence-electron chi connectivity index (χ3n) is 5.55. The number of sulfonamides is 1. The molecule has 0 saturated heterocycles. The number of benzene rings is 1. The number of hydrogen-bond donors (Lipinski definition) is 0. The van der Waals surface area contributed by atoms with E-state index in [-0.39, 0.29) is 17.0 Å². The highest BCUT2D eigenvalue weighted by Gasteiger charge is 2.39. The lowest BCUT2D eigenvalue weighted by atomic mass is 9.91. The van der Waals surface area contributed by atoms with Crippen molar-refractivity contribution in [1.29, 1.82) is 0 Å². The van der Waals surface area contributed by atoms with E-state index in [2.05, 4.69) is 0 Å². The minimum atomic E-state index is -3.64. The van der Waals surface area contributed by atoms with E-state index in [0.29, 0.717) is 10.8 Å². The third-order valence-corrected chi connectivity index (χ3v) is 7.81. The van der Waals surface area contributed by atoms with Gasteiger partial charge in [0.2, 0.25) is 10.0 Å². The lowest BCUT2D eigenvalue weighted by Gasteiger charge is -2.40. The van der Waals surface area contributed by atoms with Crippen LogP contribution in [0.3, 0.4) is 0 Å². The maximum Gasteiger partial charge on any atom is 0.247 e. The van der Waals surface area contributed by atoms with E-state index >= 15 is 0 Å². The molecule has 0 spiro atoms. The number of hydrogen-bond acceptors (Lipinski definition) is 3. The highest BCUT2D eigenvalue weighted by Crippen LogP contribution is 2.37. The smallest absolute Gasteiger partial charge is 0.247 e. The van der Waals surface area contributed by atoms with Crippen molar-refractivity contribution in [2.24, 2.45) is 0 Å². The van der Waals surface area contributed by atoms with Crippen LogP contribution in [0.25, 0.3) is 0 Å². The van der Waals surface area contributed by atoms with Gasteiger partial charge in [-0.05, 0) is 43.9 Å². The molecule has 2 saturated carbocycles. The minimum absolute atomic E-state index is 0.102. The van der Waals surface area contributed by atoms with Gasteiger partial charge in [0.25, 0.3) is 0 Å². The molecule has 140 valence electrons. The highest BCUT2D eigenvalue weighted by atomic mass is 35.5. The summed E-state index contributed by atoms with van der Waals surface area (Å²) in [5, 5.41) is 0.423. The topological polar surface area (TPSA) is 46.6 Å². The molecule has 2 fully saturated rings. The minimum Gasteiger partial charge on any atom is -0.495 e. The van der Waals surface area contributed by atoms with Gasteiger partial charge >= 0.3 is 0 Å². The molecule has 3 rings (SSSR count). The van der Waals surface area contributed by atoms with Crippen molar-refractivity contribution < 1.29 is 13.2 Å². The van der Waals surface area contributed by atoms with Crippen LogP contribution in [0, 0.1) is 0 Å². The molecule has 0 aliphatic heterocycles. The first-order valence-corrected chi connectivity index (χ1v) is 11.2. The largest absolute Gasteiger partial charge is 0.495 e. The summed E-state index contributed by atoms with van der Waals surface area (Å²) in [6.07, 6.45) is 10.7. The summed E-state index contributed by atoms with van der Waals surface area (Å²) < 4.78 is 34.5. The number of ether oxygens (including phenoxy) is 1. The number of nitrogens with zero attached hydrogens (tertiary/aromatic N) is 1. The Kier molecular flexibility index (Phi) is 6.29. The molecule has 0 radical (unpaired) electrons. The quantitative estimate of drug-likeness (QED) is 0.716. The van der Waals surface area contributed by atoms with Gasteiger partial charge in [-0.25, -0.2) is 8.42 Å². The van der Waals surface area contributed by atoms with Crippen molar-refractivity contribution in [3.05, 3.63) is 23.2 Å². The fourth-order valence-electron chi connectivity index (χ4n) is 4.33. The maximum atomic E-state index is 13.7. The van der Waals surface area contributed by atoms with E-state index in [1.807, 2.05) is 4.31 Å². The van der Waals surface area contributed by atoms with Crippen LogP contribution in [0.2, 0.25) is 5.02 Å². The van der Waals surface area contributed by atoms with Crippen molar-refractivity contribution in [3.8, 4) is 5.75 Å². The summed E-state index contributed by atoms with van der Waals surface area (Å²) in [5.41, 5.74) is 0. The summed E-state index contributed by atoms with van der Waals surface area (Å²) in [6.45, 7) is 0. The van der Waals surface area contributed by atoms with E-state index in [0.717, 1.165) is 51.4 Å². The van der Waals surface area contributed by atoms with Crippen molar-refractivity contribution in [2.45, 2.75) is 81.2 Å². The van der Waals surface area contributed by atoms with Crippen molar-refractivity contribution in [1.82, 2.24) is 4.31 Å². The molecule has 0 amide bonds. The highest BCUT2D eigenvalue weighted by molar-refractivity contribution is 7.89. The standard InChI is InChI=1S/C19H28ClNO3S/c1-24-18-13-12-15(20)14-19(18)25(22,23)21(16-8-4-2-5-9-16)17-10-6-3-7-11-17/h12-14,16-17H,2-11H2,1H3. The molecule has 0 unspecified atom stereocenters. The van der Waals surface area contributed by atoms with E-state index in [9.17, 15) is 8.42 Å². The van der Waals surface area contributed by atoms with Gasteiger partial charge in [0.15, 0.2) is 0 Å². The Morgan fingerprint density at radius 2 is 1.48 bits per heavy atom. The van der Waals surface area contributed by atoms with Gasteiger partial charge in [-0.3, -0.25) is 0 Å². The summed E-state index contributed by atoms with van der Waals surface area (Å²) >= 11 is 6.12. The molecule has 0 heterocycles. The molecule has 0 atom stereocenters. The second-order valence-electron chi connectivity index (χ2n) is 7.21. The van der Waals surface area contributed by atoms with E-state index in [1.54, 1.807) is 12.1 Å². The lowest BCUT2D eigenvalue weighted by molar-refractivity contribution is 0.169. The first-order valence-electron chi connectivity index (χ1n) is 9.41. The van der Waals surface area contributed by atoms with Crippen LogP contribution >= 0.6 is 11.6 Å². The molecule has 1 aromatic carbocycles. The fourth-order valence-corrected chi connectivity index (χ4v) is 6.68. The Bertz CT molecular complexity index is 662. The summed E-state index contributed by atoms with van der Waals surface area (Å²) in [6, 6.07) is 5.06.